The molecule has 1 aliphatic rings. The van der Waals surface area contributed by atoms with E-state index in [1.54, 1.807) is 45.4 Å². The highest BCUT2D eigenvalue weighted by Gasteiger charge is 2.35. The number of ether oxygens (including phenoxy) is 3. The Kier molecular flexibility index (Phi) is 5.88. The lowest BCUT2D eigenvalue weighted by Gasteiger charge is -2.26. The van der Waals surface area contributed by atoms with E-state index in [0.29, 0.717) is 29.5 Å². The monoisotopic (exact) mass is 374 g/mol. The van der Waals surface area contributed by atoms with Crippen LogP contribution >= 0.6 is 11.8 Å². The van der Waals surface area contributed by atoms with Gasteiger partial charge in [-0.05, 0) is 24.1 Å². The van der Waals surface area contributed by atoms with Crippen LogP contribution in [0.25, 0.3) is 0 Å². The van der Waals surface area contributed by atoms with Crippen LogP contribution in [0.4, 0.5) is 0 Å². The number of benzene rings is 1. The Hall–Kier alpha value is -2.41. The number of aromatic nitrogens is 1. The summed E-state index contributed by atoms with van der Waals surface area (Å²) in [5, 5.41) is -0.117. The van der Waals surface area contributed by atoms with Crippen LogP contribution in [0.2, 0.25) is 0 Å². The molecule has 1 atom stereocenters. The maximum atomic E-state index is 12.4. The number of carbonyl (C=O) groups excluding carboxylic acids is 1. The Morgan fingerprint density at radius 2 is 1.88 bits per heavy atom. The Morgan fingerprint density at radius 3 is 2.54 bits per heavy atom. The summed E-state index contributed by atoms with van der Waals surface area (Å²) < 4.78 is 16.3. The predicted octanol–water partition coefficient (Wildman–Crippen LogP) is 2.92. The van der Waals surface area contributed by atoms with Gasteiger partial charge in [0.05, 0.1) is 27.1 Å². The Balaban J connectivity index is 1.87. The SMILES string of the molecule is COc1cc(OC)c(C2SCC(=O)N2CCc2cccnc2)cc1OC. The lowest BCUT2D eigenvalue weighted by atomic mass is 10.1. The first-order valence-electron chi connectivity index (χ1n) is 8.27. The molecule has 1 aromatic heterocycles. The van der Waals surface area contributed by atoms with Gasteiger partial charge in [-0.1, -0.05) is 6.07 Å². The summed E-state index contributed by atoms with van der Waals surface area (Å²) >= 11 is 1.59. The molecule has 138 valence electrons. The average Bonchev–Trinajstić information content (AvgIpc) is 3.06. The molecular formula is C19H22N2O4S. The summed E-state index contributed by atoms with van der Waals surface area (Å²) in [4.78, 5) is 18.5. The highest BCUT2D eigenvalue weighted by Crippen LogP contribution is 2.46. The highest BCUT2D eigenvalue weighted by atomic mass is 32.2. The number of carbonyl (C=O) groups is 1. The first-order valence-corrected chi connectivity index (χ1v) is 9.32. The van der Waals surface area contributed by atoms with Gasteiger partial charge in [-0.2, -0.15) is 0 Å². The van der Waals surface area contributed by atoms with Crippen LogP contribution in [0.5, 0.6) is 17.2 Å². The topological polar surface area (TPSA) is 60.9 Å². The summed E-state index contributed by atoms with van der Waals surface area (Å²) in [5.74, 6) is 2.48. The van der Waals surface area contributed by atoms with Crippen LogP contribution in [-0.2, 0) is 11.2 Å². The molecule has 1 amide bonds. The van der Waals surface area contributed by atoms with Gasteiger partial charge in [0.15, 0.2) is 11.5 Å². The molecule has 0 N–H and O–H groups in total. The molecule has 1 unspecified atom stereocenters. The van der Waals surface area contributed by atoms with E-state index < -0.39 is 0 Å². The molecule has 0 radical (unpaired) electrons. The number of pyridine rings is 1. The van der Waals surface area contributed by atoms with E-state index in [2.05, 4.69) is 4.98 Å². The number of thioether (sulfide) groups is 1. The van der Waals surface area contributed by atoms with Gasteiger partial charge >= 0.3 is 0 Å². The van der Waals surface area contributed by atoms with E-state index >= 15 is 0 Å². The Labute approximate surface area is 157 Å². The molecule has 2 aromatic rings. The van der Waals surface area contributed by atoms with Crippen molar-refractivity contribution < 1.29 is 19.0 Å². The van der Waals surface area contributed by atoms with E-state index in [1.165, 1.54) is 0 Å². The lowest BCUT2D eigenvalue weighted by Crippen LogP contribution is -2.30. The van der Waals surface area contributed by atoms with Crippen molar-refractivity contribution in [2.24, 2.45) is 0 Å². The fourth-order valence-corrected chi connectivity index (χ4v) is 4.23. The standard InChI is InChI=1S/C19H22N2O4S/c1-23-15-10-17(25-3)16(24-2)9-14(15)19-21(18(22)12-26-19)8-6-13-5-4-7-20-11-13/h4-5,7,9-11,19H,6,8,12H2,1-3H3. The quantitative estimate of drug-likeness (QED) is 0.743. The van der Waals surface area contributed by atoms with E-state index in [-0.39, 0.29) is 11.3 Å². The molecule has 2 heterocycles. The van der Waals surface area contributed by atoms with Gasteiger partial charge in [0.25, 0.3) is 0 Å². The minimum atomic E-state index is -0.117. The molecule has 0 aliphatic carbocycles. The average molecular weight is 374 g/mol. The van der Waals surface area contributed by atoms with Crippen molar-refractivity contribution in [3.63, 3.8) is 0 Å². The number of hydrogen-bond donors (Lipinski definition) is 0. The Bertz CT molecular complexity index is 770. The van der Waals surface area contributed by atoms with Crippen LogP contribution in [0.1, 0.15) is 16.5 Å². The van der Waals surface area contributed by atoms with Gasteiger partial charge in [-0.25, -0.2) is 0 Å². The van der Waals surface area contributed by atoms with Crippen molar-refractivity contribution in [2.75, 3.05) is 33.6 Å². The minimum Gasteiger partial charge on any atom is -0.496 e. The second-order valence-electron chi connectivity index (χ2n) is 5.81. The van der Waals surface area contributed by atoms with E-state index in [1.807, 2.05) is 29.3 Å². The Morgan fingerprint density at radius 1 is 1.15 bits per heavy atom. The van der Waals surface area contributed by atoms with E-state index in [9.17, 15) is 4.79 Å². The van der Waals surface area contributed by atoms with Gasteiger partial charge in [-0.15, -0.1) is 11.8 Å². The van der Waals surface area contributed by atoms with Crippen molar-refractivity contribution in [1.82, 2.24) is 9.88 Å². The van der Waals surface area contributed by atoms with Gasteiger partial charge in [0.2, 0.25) is 5.91 Å². The molecule has 3 rings (SSSR count). The number of hydrogen-bond acceptors (Lipinski definition) is 6. The summed E-state index contributed by atoms with van der Waals surface area (Å²) in [5.41, 5.74) is 2.02. The van der Waals surface area contributed by atoms with Crippen LogP contribution in [-0.4, -0.2) is 49.4 Å². The maximum absolute atomic E-state index is 12.4. The first kappa shape index (κ1) is 18.4. The number of nitrogens with zero attached hydrogens (tertiary/aromatic N) is 2. The molecular weight excluding hydrogens is 352 g/mol. The second-order valence-corrected chi connectivity index (χ2v) is 6.88. The summed E-state index contributed by atoms with van der Waals surface area (Å²) in [7, 11) is 4.80. The van der Waals surface area contributed by atoms with Crippen molar-refractivity contribution in [3.05, 3.63) is 47.8 Å². The van der Waals surface area contributed by atoms with E-state index in [0.717, 1.165) is 17.5 Å². The third-order valence-electron chi connectivity index (χ3n) is 4.33. The third kappa shape index (κ3) is 3.72. The predicted molar refractivity (Wildman–Crippen MR) is 101 cm³/mol. The summed E-state index contributed by atoms with van der Waals surface area (Å²) in [6.45, 7) is 0.625. The third-order valence-corrected chi connectivity index (χ3v) is 5.57. The molecule has 1 aliphatic heterocycles. The van der Waals surface area contributed by atoms with Crippen molar-refractivity contribution in [1.29, 1.82) is 0 Å². The normalized spacial score (nSPS) is 16.7. The van der Waals surface area contributed by atoms with Crippen LogP contribution < -0.4 is 14.2 Å². The zero-order valence-corrected chi connectivity index (χ0v) is 15.9. The van der Waals surface area contributed by atoms with Crippen molar-refractivity contribution >= 4 is 17.7 Å². The molecule has 1 aromatic carbocycles. The largest absolute Gasteiger partial charge is 0.496 e. The highest BCUT2D eigenvalue weighted by molar-refractivity contribution is 8.00. The molecule has 26 heavy (non-hydrogen) atoms. The van der Waals surface area contributed by atoms with Gasteiger partial charge < -0.3 is 19.1 Å². The minimum absolute atomic E-state index is 0.117. The van der Waals surface area contributed by atoms with Crippen molar-refractivity contribution in [2.45, 2.75) is 11.8 Å². The fourth-order valence-electron chi connectivity index (χ4n) is 2.99. The van der Waals surface area contributed by atoms with E-state index in [4.69, 9.17) is 14.2 Å². The molecule has 0 spiro atoms. The zero-order valence-electron chi connectivity index (χ0n) is 15.1. The lowest BCUT2D eigenvalue weighted by molar-refractivity contribution is -0.128. The van der Waals surface area contributed by atoms with Crippen LogP contribution in [0, 0.1) is 0 Å². The number of rotatable bonds is 7. The van der Waals surface area contributed by atoms with Crippen LogP contribution in [0.15, 0.2) is 36.7 Å². The number of amides is 1. The van der Waals surface area contributed by atoms with Crippen molar-refractivity contribution in [3.8, 4) is 17.2 Å². The molecule has 1 fully saturated rings. The molecule has 0 bridgehead atoms. The molecule has 1 saturated heterocycles. The van der Waals surface area contributed by atoms with Gasteiger partial charge in [0.1, 0.15) is 11.1 Å². The molecule has 6 nitrogen and oxygen atoms in total. The fraction of sp³-hybridized carbons (Fsp3) is 0.368. The first-order chi connectivity index (χ1) is 12.7. The summed E-state index contributed by atoms with van der Waals surface area (Å²) in [6.07, 6.45) is 4.34. The maximum Gasteiger partial charge on any atom is 0.233 e. The zero-order chi connectivity index (χ0) is 18.5. The smallest absolute Gasteiger partial charge is 0.233 e. The van der Waals surface area contributed by atoms with Gasteiger partial charge in [0, 0.05) is 30.6 Å². The molecule has 7 heteroatoms. The van der Waals surface area contributed by atoms with Gasteiger partial charge in [-0.3, -0.25) is 9.78 Å². The molecule has 0 saturated carbocycles. The van der Waals surface area contributed by atoms with Crippen LogP contribution in [0.3, 0.4) is 0 Å². The summed E-state index contributed by atoms with van der Waals surface area (Å²) in [6, 6.07) is 7.62. The number of methoxy groups -OCH3 is 3. The second kappa shape index (κ2) is 8.31.